The molecule has 1 unspecified atom stereocenters. The zero-order chi connectivity index (χ0) is 11.8. The average molecular weight is 219 g/mol. The monoisotopic (exact) mass is 219 g/mol. The summed E-state index contributed by atoms with van der Waals surface area (Å²) in [5.41, 5.74) is 7.50. The number of benzene rings is 1. The summed E-state index contributed by atoms with van der Waals surface area (Å²) in [4.78, 5) is 0. The maximum absolute atomic E-state index is 9.48. The Bertz CT molecular complexity index is 341. The van der Waals surface area contributed by atoms with Gasteiger partial charge in [0, 0.05) is 11.5 Å². The molecule has 1 aliphatic carbocycles. The van der Waals surface area contributed by atoms with Gasteiger partial charge in [0.2, 0.25) is 0 Å². The molecule has 2 heteroatoms. The highest BCUT2D eigenvalue weighted by Crippen LogP contribution is 2.45. The third-order valence-corrected chi connectivity index (χ3v) is 3.68. The van der Waals surface area contributed by atoms with Crippen molar-refractivity contribution in [1.82, 2.24) is 0 Å². The Morgan fingerprint density at radius 2 is 1.81 bits per heavy atom. The summed E-state index contributed by atoms with van der Waals surface area (Å²) < 4.78 is 0. The highest BCUT2D eigenvalue weighted by Gasteiger charge is 2.47. The van der Waals surface area contributed by atoms with Crippen molar-refractivity contribution in [3.05, 3.63) is 35.9 Å². The van der Waals surface area contributed by atoms with Crippen LogP contribution >= 0.6 is 0 Å². The molecule has 1 aromatic rings. The maximum Gasteiger partial charge on any atom is 0.0575 e. The van der Waals surface area contributed by atoms with Crippen LogP contribution in [0.15, 0.2) is 30.3 Å². The molecule has 0 saturated heterocycles. The van der Waals surface area contributed by atoms with Crippen LogP contribution in [0.1, 0.15) is 38.2 Å². The third kappa shape index (κ3) is 2.00. The van der Waals surface area contributed by atoms with Gasteiger partial charge in [0.05, 0.1) is 6.10 Å². The Morgan fingerprint density at radius 3 is 2.25 bits per heavy atom. The van der Waals surface area contributed by atoms with Crippen LogP contribution in [-0.4, -0.2) is 16.7 Å². The SMILES string of the molecule is CC(C)C(c1ccccc1)C1(N)CC(O)C1. The fraction of sp³-hybridized carbons (Fsp3) is 0.571. The minimum absolute atomic E-state index is 0.199. The standard InChI is InChI=1S/C14H21NO/c1-10(2)13(11-6-4-3-5-7-11)14(15)8-12(16)9-14/h3-7,10,12-13,16H,8-9,15H2,1-2H3. The van der Waals surface area contributed by atoms with Gasteiger partial charge in [0.25, 0.3) is 0 Å². The summed E-state index contributed by atoms with van der Waals surface area (Å²) in [6, 6.07) is 10.4. The van der Waals surface area contributed by atoms with Crippen molar-refractivity contribution in [3.63, 3.8) is 0 Å². The van der Waals surface area contributed by atoms with E-state index in [9.17, 15) is 5.11 Å². The Kier molecular flexibility index (Phi) is 3.04. The summed E-state index contributed by atoms with van der Waals surface area (Å²) in [7, 11) is 0. The first-order valence-electron chi connectivity index (χ1n) is 6.05. The van der Waals surface area contributed by atoms with Crippen LogP contribution < -0.4 is 5.73 Å². The van der Waals surface area contributed by atoms with Gasteiger partial charge in [-0.2, -0.15) is 0 Å². The molecule has 0 heterocycles. The van der Waals surface area contributed by atoms with E-state index in [0.717, 1.165) is 12.8 Å². The second kappa shape index (κ2) is 4.19. The van der Waals surface area contributed by atoms with Crippen molar-refractivity contribution in [2.24, 2.45) is 11.7 Å². The van der Waals surface area contributed by atoms with Crippen LogP contribution in [0, 0.1) is 5.92 Å². The number of rotatable bonds is 3. The van der Waals surface area contributed by atoms with Crippen LogP contribution in [0.4, 0.5) is 0 Å². The largest absolute Gasteiger partial charge is 0.393 e. The smallest absolute Gasteiger partial charge is 0.0575 e. The number of hydrogen-bond donors (Lipinski definition) is 2. The Balaban J connectivity index is 2.25. The number of aliphatic hydroxyl groups is 1. The topological polar surface area (TPSA) is 46.2 Å². The second-order valence-corrected chi connectivity index (χ2v) is 5.43. The first-order valence-corrected chi connectivity index (χ1v) is 6.05. The molecule has 1 fully saturated rings. The van der Waals surface area contributed by atoms with E-state index in [1.165, 1.54) is 5.56 Å². The van der Waals surface area contributed by atoms with E-state index >= 15 is 0 Å². The molecule has 1 saturated carbocycles. The molecule has 1 atom stereocenters. The molecule has 2 rings (SSSR count). The van der Waals surface area contributed by atoms with Gasteiger partial charge in [-0.15, -0.1) is 0 Å². The first-order chi connectivity index (χ1) is 7.53. The van der Waals surface area contributed by atoms with Gasteiger partial charge in [-0.1, -0.05) is 44.2 Å². The van der Waals surface area contributed by atoms with Crippen LogP contribution in [0.25, 0.3) is 0 Å². The van der Waals surface area contributed by atoms with Gasteiger partial charge >= 0.3 is 0 Å². The van der Waals surface area contributed by atoms with Crippen LogP contribution in [0.3, 0.4) is 0 Å². The molecule has 1 aromatic carbocycles. The molecular weight excluding hydrogens is 198 g/mol. The van der Waals surface area contributed by atoms with Gasteiger partial charge in [0.15, 0.2) is 0 Å². The predicted molar refractivity (Wildman–Crippen MR) is 66.2 cm³/mol. The predicted octanol–water partition coefficient (Wildman–Crippen LogP) is 2.28. The molecule has 2 nitrogen and oxygen atoms in total. The van der Waals surface area contributed by atoms with Crippen LogP contribution in [0.5, 0.6) is 0 Å². The third-order valence-electron chi connectivity index (χ3n) is 3.68. The molecule has 0 radical (unpaired) electrons. The van der Waals surface area contributed by atoms with Gasteiger partial charge in [-0.05, 0) is 24.3 Å². The van der Waals surface area contributed by atoms with Gasteiger partial charge < -0.3 is 10.8 Å². The lowest BCUT2D eigenvalue weighted by atomic mass is 9.61. The minimum atomic E-state index is -0.213. The van der Waals surface area contributed by atoms with Crippen LogP contribution in [-0.2, 0) is 0 Å². The fourth-order valence-corrected chi connectivity index (χ4v) is 3.11. The van der Waals surface area contributed by atoms with Crippen molar-refractivity contribution in [2.75, 3.05) is 0 Å². The first kappa shape index (κ1) is 11.6. The molecule has 88 valence electrons. The highest BCUT2D eigenvalue weighted by atomic mass is 16.3. The van der Waals surface area contributed by atoms with Crippen molar-refractivity contribution < 1.29 is 5.11 Å². The van der Waals surface area contributed by atoms with E-state index in [1.54, 1.807) is 0 Å². The Hall–Kier alpha value is -0.860. The van der Waals surface area contributed by atoms with Crippen molar-refractivity contribution >= 4 is 0 Å². The Labute approximate surface area is 97.5 Å². The van der Waals surface area contributed by atoms with Gasteiger partial charge in [-0.3, -0.25) is 0 Å². The normalized spacial score (nSPS) is 31.2. The summed E-state index contributed by atoms with van der Waals surface area (Å²) in [6.45, 7) is 4.41. The van der Waals surface area contributed by atoms with Crippen molar-refractivity contribution in [3.8, 4) is 0 Å². The molecule has 3 N–H and O–H groups in total. The molecular formula is C14H21NO. The molecule has 0 aliphatic heterocycles. The lowest BCUT2D eigenvalue weighted by Crippen LogP contribution is -2.59. The van der Waals surface area contributed by atoms with Crippen molar-refractivity contribution in [1.29, 1.82) is 0 Å². The number of hydrogen-bond acceptors (Lipinski definition) is 2. The van der Waals surface area contributed by atoms with Crippen molar-refractivity contribution in [2.45, 2.75) is 44.2 Å². The molecule has 0 bridgehead atoms. The van der Waals surface area contributed by atoms with E-state index < -0.39 is 0 Å². The van der Waals surface area contributed by atoms with E-state index in [-0.39, 0.29) is 11.6 Å². The second-order valence-electron chi connectivity index (χ2n) is 5.43. The minimum Gasteiger partial charge on any atom is -0.393 e. The molecule has 0 amide bonds. The molecule has 16 heavy (non-hydrogen) atoms. The molecule has 1 aliphatic rings. The average Bonchev–Trinajstić information content (AvgIpc) is 2.16. The lowest BCUT2D eigenvalue weighted by molar-refractivity contribution is 0.000495. The van der Waals surface area contributed by atoms with Crippen LogP contribution in [0.2, 0.25) is 0 Å². The zero-order valence-corrected chi connectivity index (χ0v) is 10.1. The summed E-state index contributed by atoms with van der Waals surface area (Å²) in [5.74, 6) is 0.844. The zero-order valence-electron chi connectivity index (χ0n) is 10.1. The quantitative estimate of drug-likeness (QED) is 0.819. The molecule has 0 spiro atoms. The van der Waals surface area contributed by atoms with E-state index in [2.05, 4.69) is 38.1 Å². The van der Waals surface area contributed by atoms with E-state index in [1.807, 2.05) is 6.07 Å². The van der Waals surface area contributed by atoms with E-state index in [4.69, 9.17) is 5.73 Å². The molecule has 0 aromatic heterocycles. The summed E-state index contributed by atoms with van der Waals surface area (Å²) in [5, 5.41) is 9.48. The summed E-state index contributed by atoms with van der Waals surface area (Å²) >= 11 is 0. The highest BCUT2D eigenvalue weighted by molar-refractivity contribution is 5.26. The number of nitrogens with two attached hydrogens (primary N) is 1. The number of aliphatic hydroxyl groups excluding tert-OH is 1. The maximum atomic E-state index is 9.48. The fourth-order valence-electron chi connectivity index (χ4n) is 3.11. The Morgan fingerprint density at radius 1 is 1.25 bits per heavy atom. The summed E-state index contributed by atoms with van der Waals surface area (Å²) in [6.07, 6.45) is 1.25. The lowest BCUT2D eigenvalue weighted by Gasteiger charge is -2.49. The van der Waals surface area contributed by atoms with E-state index in [0.29, 0.717) is 11.8 Å². The van der Waals surface area contributed by atoms with Gasteiger partial charge in [0.1, 0.15) is 0 Å². The van der Waals surface area contributed by atoms with Gasteiger partial charge in [-0.25, -0.2) is 0 Å².